The molecule has 1 saturated heterocycles. The van der Waals surface area contributed by atoms with Gasteiger partial charge in [-0.1, -0.05) is 12.1 Å². The summed E-state index contributed by atoms with van der Waals surface area (Å²) >= 11 is 0. The molecule has 0 radical (unpaired) electrons. The van der Waals surface area contributed by atoms with Crippen molar-refractivity contribution in [1.82, 2.24) is 9.03 Å². The second-order valence-corrected chi connectivity index (χ2v) is 7.79. The first-order valence-corrected chi connectivity index (χ1v) is 8.39. The number of anilines is 1. The lowest BCUT2D eigenvalue weighted by Gasteiger charge is -2.19. The van der Waals surface area contributed by atoms with E-state index in [1.807, 2.05) is 4.72 Å². The number of benzene rings is 1. The van der Waals surface area contributed by atoms with Crippen molar-refractivity contribution in [2.75, 3.05) is 11.9 Å². The Labute approximate surface area is 135 Å². The largest absolute Gasteiger partial charge is 0.444 e. The zero-order chi connectivity index (χ0) is 17.3. The number of rotatable bonds is 3. The predicted octanol–water partition coefficient (Wildman–Crippen LogP) is 1.21. The van der Waals surface area contributed by atoms with Gasteiger partial charge in [-0.2, -0.15) is 12.7 Å². The monoisotopic (exact) mass is 341 g/mol. The first kappa shape index (κ1) is 17.2. The summed E-state index contributed by atoms with van der Waals surface area (Å²) in [6.07, 6.45) is -0.567. The van der Waals surface area contributed by atoms with Crippen molar-refractivity contribution in [2.45, 2.75) is 32.9 Å². The van der Waals surface area contributed by atoms with Gasteiger partial charge in [0.25, 0.3) is 0 Å². The molecule has 1 aliphatic heterocycles. The van der Waals surface area contributed by atoms with Crippen LogP contribution in [0.2, 0.25) is 0 Å². The highest BCUT2D eigenvalue weighted by atomic mass is 32.2. The van der Waals surface area contributed by atoms with Gasteiger partial charge in [-0.3, -0.25) is 10.1 Å². The third kappa shape index (κ3) is 4.93. The van der Waals surface area contributed by atoms with Gasteiger partial charge in [0.1, 0.15) is 5.60 Å². The number of nitrogens with one attached hydrogen (secondary N) is 2. The van der Waals surface area contributed by atoms with Crippen molar-refractivity contribution in [3.05, 3.63) is 29.8 Å². The Morgan fingerprint density at radius 2 is 1.91 bits per heavy atom. The van der Waals surface area contributed by atoms with Crippen LogP contribution < -0.4 is 10.0 Å². The van der Waals surface area contributed by atoms with E-state index in [9.17, 15) is 18.0 Å². The third-order valence-corrected chi connectivity index (χ3v) is 4.28. The number of nitrogens with zero attached hydrogens (tertiary/aromatic N) is 1. The molecule has 2 amide bonds. The van der Waals surface area contributed by atoms with Gasteiger partial charge >= 0.3 is 16.3 Å². The van der Waals surface area contributed by atoms with E-state index >= 15 is 0 Å². The minimum atomic E-state index is -3.74. The molecule has 23 heavy (non-hydrogen) atoms. The Balaban J connectivity index is 1.98. The van der Waals surface area contributed by atoms with Gasteiger partial charge in [0.05, 0.1) is 6.54 Å². The molecule has 9 heteroatoms. The standard InChI is InChI=1S/C14H19N3O5S/c1-14(2,3)22-13(19)15-11-6-4-10(5-7-11)8-17-9-12(18)16-23(17,20)21/h4-7H,8-9H2,1-3H3,(H,15,19)(H,16,18). The lowest BCUT2D eigenvalue weighted by Crippen LogP contribution is -2.29. The minimum absolute atomic E-state index is 0.0772. The number of carbonyl (C=O) groups excluding carboxylic acids is 2. The van der Waals surface area contributed by atoms with Crippen molar-refractivity contribution >= 4 is 27.9 Å². The third-order valence-electron chi connectivity index (χ3n) is 2.86. The summed E-state index contributed by atoms with van der Waals surface area (Å²) < 4.78 is 31.4. The van der Waals surface area contributed by atoms with Crippen molar-refractivity contribution < 1.29 is 22.7 Å². The van der Waals surface area contributed by atoms with Crippen LogP contribution in [0.1, 0.15) is 26.3 Å². The van der Waals surface area contributed by atoms with E-state index in [0.717, 1.165) is 4.31 Å². The maximum Gasteiger partial charge on any atom is 0.412 e. The second kappa shape index (κ2) is 6.17. The Morgan fingerprint density at radius 3 is 2.39 bits per heavy atom. The lowest BCUT2D eigenvalue weighted by atomic mass is 10.2. The molecule has 1 aromatic rings. The number of hydrogen-bond donors (Lipinski definition) is 2. The molecular weight excluding hydrogens is 322 g/mol. The fourth-order valence-electron chi connectivity index (χ4n) is 1.95. The summed E-state index contributed by atoms with van der Waals surface area (Å²) in [5.41, 5.74) is 0.634. The SMILES string of the molecule is CC(C)(C)OC(=O)Nc1ccc(CN2CC(=O)NS2(=O)=O)cc1. The maximum atomic E-state index is 11.6. The van der Waals surface area contributed by atoms with Crippen molar-refractivity contribution in [1.29, 1.82) is 0 Å². The average molecular weight is 341 g/mol. The first-order valence-electron chi connectivity index (χ1n) is 6.95. The summed E-state index contributed by atoms with van der Waals surface area (Å²) in [7, 11) is -3.74. The predicted molar refractivity (Wildman–Crippen MR) is 83.8 cm³/mol. The zero-order valence-electron chi connectivity index (χ0n) is 13.1. The van der Waals surface area contributed by atoms with Crippen LogP contribution in [0.25, 0.3) is 0 Å². The molecule has 8 nitrogen and oxygen atoms in total. The normalized spacial score (nSPS) is 17.6. The molecule has 0 bridgehead atoms. The molecule has 1 aromatic carbocycles. The smallest absolute Gasteiger partial charge is 0.412 e. The molecule has 0 spiro atoms. The van der Waals surface area contributed by atoms with E-state index in [1.54, 1.807) is 45.0 Å². The van der Waals surface area contributed by atoms with Crippen molar-refractivity contribution in [3.8, 4) is 0 Å². The first-order chi connectivity index (χ1) is 10.5. The average Bonchev–Trinajstić information content (AvgIpc) is 2.62. The highest BCUT2D eigenvalue weighted by molar-refractivity contribution is 7.88. The highest BCUT2D eigenvalue weighted by Gasteiger charge is 2.33. The minimum Gasteiger partial charge on any atom is -0.444 e. The van der Waals surface area contributed by atoms with Crippen LogP contribution in [0.15, 0.2) is 24.3 Å². The van der Waals surface area contributed by atoms with Crippen LogP contribution in [0, 0.1) is 0 Å². The molecule has 1 aliphatic rings. The van der Waals surface area contributed by atoms with Gasteiger partial charge < -0.3 is 4.74 Å². The zero-order valence-corrected chi connectivity index (χ0v) is 13.9. The van der Waals surface area contributed by atoms with E-state index in [4.69, 9.17) is 4.74 Å². The highest BCUT2D eigenvalue weighted by Crippen LogP contribution is 2.16. The van der Waals surface area contributed by atoms with E-state index in [1.165, 1.54) is 0 Å². The van der Waals surface area contributed by atoms with Crippen LogP contribution >= 0.6 is 0 Å². The van der Waals surface area contributed by atoms with Crippen LogP contribution in [0.3, 0.4) is 0 Å². The quantitative estimate of drug-likeness (QED) is 0.860. The van der Waals surface area contributed by atoms with Crippen LogP contribution in [-0.2, 0) is 26.3 Å². The van der Waals surface area contributed by atoms with E-state index in [0.29, 0.717) is 11.3 Å². The molecule has 0 unspecified atom stereocenters. The van der Waals surface area contributed by atoms with Gasteiger partial charge in [0.2, 0.25) is 5.91 Å². The second-order valence-electron chi connectivity index (χ2n) is 6.12. The van der Waals surface area contributed by atoms with Gasteiger partial charge in [-0.05, 0) is 38.5 Å². The molecule has 1 fully saturated rings. The van der Waals surface area contributed by atoms with Gasteiger partial charge in [-0.25, -0.2) is 9.52 Å². The number of carbonyl (C=O) groups is 2. The van der Waals surface area contributed by atoms with Gasteiger partial charge in [-0.15, -0.1) is 0 Å². The summed E-state index contributed by atoms with van der Waals surface area (Å²) in [5, 5.41) is 2.58. The van der Waals surface area contributed by atoms with E-state index in [2.05, 4.69) is 5.32 Å². The Morgan fingerprint density at radius 1 is 1.30 bits per heavy atom. The molecule has 0 atom stereocenters. The van der Waals surface area contributed by atoms with Crippen molar-refractivity contribution in [3.63, 3.8) is 0 Å². The fourth-order valence-corrected chi connectivity index (χ4v) is 3.03. The molecule has 0 aromatic heterocycles. The fraction of sp³-hybridized carbons (Fsp3) is 0.429. The van der Waals surface area contributed by atoms with Crippen LogP contribution in [-0.4, -0.2) is 36.9 Å². The van der Waals surface area contributed by atoms with Crippen LogP contribution in [0.4, 0.5) is 10.5 Å². The number of ether oxygens (including phenoxy) is 1. The molecule has 0 saturated carbocycles. The topological polar surface area (TPSA) is 105 Å². The van der Waals surface area contributed by atoms with E-state index in [-0.39, 0.29) is 13.1 Å². The summed E-state index contributed by atoms with van der Waals surface area (Å²) in [5.74, 6) is -0.548. The number of amides is 2. The summed E-state index contributed by atoms with van der Waals surface area (Å²) in [4.78, 5) is 22.8. The molecular formula is C14H19N3O5S. The molecule has 1 heterocycles. The maximum absolute atomic E-state index is 11.6. The van der Waals surface area contributed by atoms with Gasteiger partial charge in [0, 0.05) is 12.2 Å². The summed E-state index contributed by atoms with van der Waals surface area (Å²) in [6.45, 7) is 5.18. The molecule has 126 valence electrons. The van der Waals surface area contributed by atoms with Gasteiger partial charge in [0.15, 0.2) is 0 Å². The van der Waals surface area contributed by atoms with Crippen LogP contribution in [0.5, 0.6) is 0 Å². The Hall–Kier alpha value is -2.13. The van der Waals surface area contributed by atoms with Crippen molar-refractivity contribution in [2.24, 2.45) is 0 Å². The number of hydrogen-bond acceptors (Lipinski definition) is 5. The Bertz CT molecular complexity index is 707. The van der Waals surface area contributed by atoms with E-state index < -0.39 is 27.8 Å². The molecule has 0 aliphatic carbocycles. The summed E-state index contributed by atoms with van der Waals surface area (Å²) in [6, 6.07) is 6.62. The molecule has 2 N–H and O–H groups in total. The Kier molecular flexibility index (Phi) is 4.62. The molecule has 2 rings (SSSR count). The lowest BCUT2D eigenvalue weighted by molar-refractivity contribution is -0.118.